The summed E-state index contributed by atoms with van der Waals surface area (Å²) in [6, 6.07) is 12.2. The SMILES string of the molecule is COc1ccc(C(=O)/C=C\Nc2c(/C=C\c3cc(OC)c(OC)c(OC)c3)ccc(OC)c2OC)cc1Cl. The lowest BCUT2D eigenvalue weighted by molar-refractivity contribution is 0.104. The van der Waals surface area contributed by atoms with Crippen molar-refractivity contribution in [2.75, 3.05) is 48.0 Å². The van der Waals surface area contributed by atoms with E-state index in [0.717, 1.165) is 11.1 Å². The van der Waals surface area contributed by atoms with Crippen LogP contribution in [0, 0.1) is 0 Å². The molecule has 0 heterocycles. The van der Waals surface area contributed by atoms with Crippen LogP contribution >= 0.6 is 11.6 Å². The van der Waals surface area contributed by atoms with E-state index in [1.165, 1.54) is 19.4 Å². The summed E-state index contributed by atoms with van der Waals surface area (Å²) in [6.07, 6.45) is 6.73. The summed E-state index contributed by atoms with van der Waals surface area (Å²) in [7, 11) is 9.30. The molecule has 38 heavy (non-hydrogen) atoms. The Labute approximate surface area is 227 Å². The van der Waals surface area contributed by atoms with Crippen molar-refractivity contribution in [2.24, 2.45) is 0 Å². The van der Waals surface area contributed by atoms with E-state index in [2.05, 4.69) is 5.32 Å². The van der Waals surface area contributed by atoms with E-state index in [1.54, 1.807) is 59.8 Å². The van der Waals surface area contributed by atoms with Crippen molar-refractivity contribution in [3.05, 3.63) is 76.5 Å². The Morgan fingerprint density at radius 2 is 1.32 bits per heavy atom. The van der Waals surface area contributed by atoms with Crippen molar-refractivity contribution in [2.45, 2.75) is 0 Å². The topological polar surface area (TPSA) is 84.5 Å². The molecule has 0 aromatic heterocycles. The van der Waals surface area contributed by atoms with Crippen LogP contribution < -0.4 is 33.7 Å². The van der Waals surface area contributed by atoms with E-state index < -0.39 is 0 Å². The third kappa shape index (κ3) is 6.33. The lowest BCUT2D eigenvalue weighted by atomic mass is 10.1. The van der Waals surface area contributed by atoms with Gasteiger partial charge in [-0.1, -0.05) is 23.8 Å². The van der Waals surface area contributed by atoms with Gasteiger partial charge in [0.1, 0.15) is 5.75 Å². The molecule has 0 unspecified atom stereocenters. The molecule has 0 aliphatic heterocycles. The van der Waals surface area contributed by atoms with Gasteiger partial charge in [0.15, 0.2) is 28.8 Å². The number of ether oxygens (including phenoxy) is 6. The molecule has 1 N–H and O–H groups in total. The molecular weight excluding hydrogens is 510 g/mol. The first-order valence-corrected chi connectivity index (χ1v) is 11.8. The number of allylic oxidation sites excluding steroid dienone is 1. The molecule has 0 aliphatic carbocycles. The van der Waals surface area contributed by atoms with Crippen LogP contribution in [0.2, 0.25) is 5.02 Å². The summed E-state index contributed by atoms with van der Waals surface area (Å²) in [4.78, 5) is 12.7. The number of ketones is 1. The predicted molar refractivity (Wildman–Crippen MR) is 150 cm³/mol. The standard InChI is InChI=1S/C29H30ClNO7/c1-33-23-11-10-20(17-21(23)30)22(32)13-14-31-27-19(9-12-24(34-2)29(27)38-6)8-7-18-15-25(35-3)28(37-5)26(16-18)36-4/h7-17,31H,1-6H3/b8-7-,14-13-. The number of nitrogens with one attached hydrogen (secondary N) is 1. The van der Waals surface area contributed by atoms with Crippen molar-refractivity contribution in [3.8, 4) is 34.5 Å². The highest BCUT2D eigenvalue weighted by atomic mass is 35.5. The number of rotatable bonds is 12. The number of carbonyl (C=O) groups is 1. The average Bonchev–Trinajstić information content (AvgIpc) is 2.95. The van der Waals surface area contributed by atoms with Gasteiger partial charge in [0.25, 0.3) is 0 Å². The first kappa shape index (κ1) is 28.3. The van der Waals surface area contributed by atoms with E-state index in [1.807, 2.05) is 30.4 Å². The van der Waals surface area contributed by atoms with Crippen molar-refractivity contribution in [1.29, 1.82) is 0 Å². The first-order valence-electron chi connectivity index (χ1n) is 11.4. The van der Waals surface area contributed by atoms with Crippen LogP contribution in [0.25, 0.3) is 12.2 Å². The maximum atomic E-state index is 12.7. The molecule has 0 fully saturated rings. The van der Waals surface area contributed by atoms with E-state index in [4.69, 9.17) is 40.0 Å². The van der Waals surface area contributed by atoms with Crippen molar-refractivity contribution < 1.29 is 33.2 Å². The summed E-state index contributed by atoms with van der Waals surface area (Å²) in [5.74, 6) is 2.85. The van der Waals surface area contributed by atoms with Gasteiger partial charge in [-0.25, -0.2) is 0 Å². The second-order valence-electron chi connectivity index (χ2n) is 7.75. The third-order valence-electron chi connectivity index (χ3n) is 5.62. The number of hydrogen-bond acceptors (Lipinski definition) is 8. The fraction of sp³-hybridized carbons (Fsp3) is 0.207. The molecule has 0 radical (unpaired) electrons. The van der Waals surface area contributed by atoms with Crippen LogP contribution in [0.1, 0.15) is 21.5 Å². The Morgan fingerprint density at radius 1 is 0.711 bits per heavy atom. The minimum Gasteiger partial charge on any atom is -0.495 e. The monoisotopic (exact) mass is 539 g/mol. The minimum atomic E-state index is -0.238. The summed E-state index contributed by atoms with van der Waals surface area (Å²) in [5, 5.41) is 3.52. The van der Waals surface area contributed by atoms with Gasteiger partial charge in [0.2, 0.25) is 5.75 Å². The van der Waals surface area contributed by atoms with E-state index >= 15 is 0 Å². The predicted octanol–water partition coefficient (Wildman–Crippen LogP) is 6.37. The largest absolute Gasteiger partial charge is 0.495 e. The Balaban J connectivity index is 1.94. The number of hydrogen-bond donors (Lipinski definition) is 1. The van der Waals surface area contributed by atoms with Crippen LogP contribution in [0.15, 0.2) is 54.7 Å². The van der Waals surface area contributed by atoms with Crippen LogP contribution in [0.3, 0.4) is 0 Å². The molecule has 0 spiro atoms. The molecule has 0 bridgehead atoms. The highest BCUT2D eigenvalue weighted by Crippen LogP contribution is 2.41. The maximum Gasteiger partial charge on any atom is 0.203 e. The third-order valence-corrected chi connectivity index (χ3v) is 5.91. The van der Waals surface area contributed by atoms with Gasteiger partial charge in [-0.15, -0.1) is 0 Å². The molecule has 0 saturated carbocycles. The van der Waals surface area contributed by atoms with Crippen molar-refractivity contribution in [1.82, 2.24) is 0 Å². The second kappa shape index (κ2) is 13.3. The molecule has 200 valence electrons. The lowest BCUT2D eigenvalue weighted by Gasteiger charge is -2.15. The van der Waals surface area contributed by atoms with E-state index in [9.17, 15) is 4.79 Å². The zero-order chi connectivity index (χ0) is 27.7. The van der Waals surface area contributed by atoms with Gasteiger partial charge in [-0.2, -0.15) is 0 Å². The molecule has 9 heteroatoms. The molecule has 3 aromatic carbocycles. The van der Waals surface area contributed by atoms with E-state index in [0.29, 0.717) is 50.8 Å². The van der Waals surface area contributed by atoms with Crippen LogP contribution in [-0.2, 0) is 0 Å². The number of halogens is 1. The highest BCUT2D eigenvalue weighted by Gasteiger charge is 2.15. The zero-order valence-electron chi connectivity index (χ0n) is 22.1. The van der Waals surface area contributed by atoms with Gasteiger partial charge >= 0.3 is 0 Å². The van der Waals surface area contributed by atoms with Gasteiger partial charge in [-0.05, 0) is 48.0 Å². The van der Waals surface area contributed by atoms with Gasteiger partial charge in [0.05, 0.1) is 53.4 Å². The Morgan fingerprint density at radius 3 is 1.87 bits per heavy atom. The normalized spacial score (nSPS) is 10.9. The van der Waals surface area contributed by atoms with Gasteiger partial charge in [-0.3, -0.25) is 4.79 Å². The summed E-state index contributed by atoms with van der Waals surface area (Å²) in [6.45, 7) is 0. The molecule has 0 saturated heterocycles. The minimum absolute atomic E-state index is 0.238. The van der Waals surface area contributed by atoms with Crippen LogP contribution in [0.5, 0.6) is 34.5 Å². The molecule has 0 amide bonds. The Kier molecular flexibility index (Phi) is 9.90. The highest BCUT2D eigenvalue weighted by molar-refractivity contribution is 6.32. The number of methoxy groups -OCH3 is 6. The number of benzene rings is 3. The lowest BCUT2D eigenvalue weighted by Crippen LogP contribution is -2.01. The quantitative estimate of drug-likeness (QED) is 0.161. The average molecular weight is 540 g/mol. The molecule has 3 aromatic rings. The second-order valence-corrected chi connectivity index (χ2v) is 8.16. The zero-order valence-corrected chi connectivity index (χ0v) is 22.8. The summed E-state index contributed by atoms with van der Waals surface area (Å²) in [5.41, 5.74) is 2.63. The number of anilines is 1. The van der Waals surface area contributed by atoms with Crippen LogP contribution in [-0.4, -0.2) is 48.4 Å². The van der Waals surface area contributed by atoms with Crippen LogP contribution in [0.4, 0.5) is 5.69 Å². The van der Waals surface area contributed by atoms with Gasteiger partial charge in [0, 0.05) is 23.4 Å². The summed E-state index contributed by atoms with van der Waals surface area (Å²) >= 11 is 6.16. The fourth-order valence-electron chi connectivity index (χ4n) is 3.73. The molecule has 8 nitrogen and oxygen atoms in total. The first-order chi connectivity index (χ1) is 18.4. The maximum absolute atomic E-state index is 12.7. The van der Waals surface area contributed by atoms with E-state index in [-0.39, 0.29) is 5.78 Å². The molecule has 3 rings (SSSR count). The van der Waals surface area contributed by atoms with Crippen molar-refractivity contribution >= 4 is 35.2 Å². The number of carbonyl (C=O) groups excluding carboxylic acids is 1. The van der Waals surface area contributed by atoms with Gasteiger partial charge < -0.3 is 33.7 Å². The van der Waals surface area contributed by atoms with Crippen molar-refractivity contribution in [3.63, 3.8) is 0 Å². The molecule has 0 aliphatic rings. The Hall–Kier alpha value is -4.30. The molecule has 0 atom stereocenters. The fourth-order valence-corrected chi connectivity index (χ4v) is 3.99. The smallest absolute Gasteiger partial charge is 0.203 e. The summed E-state index contributed by atoms with van der Waals surface area (Å²) < 4.78 is 32.5. The molecular formula is C29H30ClNO7. The Bertz CT molecular complexity index is 1330.